The summed E-state index contributed by atoms with van der Waals surface area (Å²) in [6.07, 6.45) is 1.38. The first-order chi connectivity index (χ1) is 11.7. The van der Waals surface area contributed by atoms with E-state index in [1.807, 2.05) is 0 Å². The van der Waals surface area contributed by atoms with Gasteiger partial charge < -0.3 is 0 Å². The van der Waals surface area contributed by atoms with E-state index in [1.54, 1.807) is 48.5 Å². The Morgan fingerprint density at radius 2 is 1.54 bits per heavy atom. The third-order valence-electron chi connectivity index (χ3n) is 3.15. The number of carbonyl (C=O) groups excluding carboxylic acids is 2. The minimum Gasteiger partial charge on any atom is -0.267 e. The van der Waals surface area contributed by atoms with E-state index in [0.29, 0.717) is 21.3 Å². The third kappa shape index (κ3) is 3.30. The molecular formula is C15H11BrN6O2. The smallest absolute Gasteiger partial charge is 0.267 e. The Labute approximate surface area is 145 Å². The molecule has 9 heteroatoms. The highest BCUT2D eigenvalue weighted by atomic mass is 79.9. The lowest BCUT2D eigenvalue weighted by molar-refractivity contribution is 0.0846. The van der Waals surface area contributed by atoms with Crippen molar-refractivity contribution in [1.29, 1.82) is 0 Å². The number of para-hydroxylation sites is 1. The average molecular weight is 387 g/mol. The average Bonchev–Trinajstić information content (AvgIpc) is 3.14. The summed E-state index contributed by atoms with van der Waals surface area (Å²) in [5.74, 6) is -0.919. The van der Waals surface area contributed by atoms with Crippen LogP contribution >= 0.6 is 15.9 Å². The molecule has 2 aromatic carbocycles. The van der Waals surface area contributed by atoms with Crippen LogP contribution < -0.4 is 10.9 Å². The van der Waals surface area contributed by atoms with Crippen LogP contribution in [0.4, 0.5) is 0 Å². The van der Waals surface area contributed by atoms with Gasteiger partial charge in [0.15, 0.2) is 0 Å². The number of hydrogen-bond acceptors (Lipinski definition) is 5. The molecule has 0 aliphatic heterocycles. The van der Waals surface area contributed by atoms with Gasteiger partial charge in [-0.15, -0.1) is 5.10 Å². The van der Waals surface area contributed by atoms with Gasteiger partial charge in [0, 0.05) is 4.47 Å². The molecule has 0 unspecified atom stereocenters. The molecule has 3 aromatic rings. The number of hydrazine groups is 1. The molecule has 1 aromatic heterocycles. The second kappa shape index (κ2) is 7.01. The Hall–Kier alpha value is -3.07. The highest BCUT2D eigenvalue weighted by Crippen LogP contribution is 2.15. The van der Waals surface area contributed by atoms with E-state index < -0.39 is 11.8 Å². The number of nitrogens with zero attached hydrogens (tertiary/aromatic N) is 4. The summed E-state index contributed by atoms with van der Waals surface area (Å²) in [5.41, 5.74) is 5.99. The van der Waals surface area contributed by atoms with Crippen LogP contribution in [-0.2, 0) is 0 Å². The van der Waals surface area contributed by atoms with Gasteiger partial charge in [-0.05, 0) is 50.6 Å². The molecular weight excluding hydrogens is 376 g/mol. The Kier molecular flexibility index (Phi) is 4.62. The molecule has 0 bridgehead atoms. The van der Waals surface area contributed by atoms with Gasteiger partial charge in [-0.25, -0.2) is 0 Å². The standard InChI is InChI=1S/C15H11BrN6O2/c16-12-7-3-1-5-10(12)14(23)18-19-15(24)11-6-2-4-8-13(11)22-9-17-20-21-22/h1-9H,(H,18,23)(H,19,24). The number of amides is 2. The van der Waals surface area contributed by atoms with Crippen molar-refractivity contribution in [3.05, 3.63) is 70.5 Å². The molecule has 3 rings (SSSR count). The van der Waals surface area contributed by atoms with Gasteiger partial charge in [0.1, 0.15) is 6.33 Å². The van der Waals surface area contributed by atoms with Crippen LogP contribution in [0.3, 0.4) is 0 Å². The monoisotopic (exact) mass is 386 g/mol. The van der Waals surface area contributed by atoms with Gasteiger partial charge in [0.2, 0.25) is 0 Å². The molecule has 8 nitrogen and oxygen atoms in total. The van der Waals surface area contributed by atoms with E-state index >= 15 is 0 Å². The first kappa shape index (κ1) is 15.8. The first-order valence-corrected chi connectivity index (χ1v) is 7.63. The van der Waals surface area contributed by atoms with Crippen LogP contribution in [0.2, 0.25) is 0 Å². The largest absolute Gasteiger partial charge is 0.271 e. The number of nitrogens with one attached hydrogen (secondary N) is 2. The fraction of sp³-hybridized carbons (Fsp3) is 0. The Morgan fingerprint density at radius 1 is 0.917 bits per heavy atom. The van der Waals surface area contributed by atoms with E-state index in [9.17, 15) is 9.59 Å². The number of tetrazole rings is 1. The van der Waals surface area contributed by atoms with Gasteiger partial charge in [-0.1, -0.05) is 24.3 Å². The van der Waals surface area contributed by atoms with Crippen LogP contribution in [-0.4, -0.2) is 32.0 Å². The summed E-state index contributed by atoms with van der Waals surface area (Å²) in [4.78, 5) is 24.5. The topological polar surface area (TPSA) is 102 Å². The van der Waals surface area contributed by atoms with Crippen molar-refractivity contribution in [2.24, 2.45) is 0 Å². The molecule has 0 spiro atoms. The van der Waals surface area contributed by atoms with E-state index in [1.165, 1.54) is 11.0 Å². The molecule has 0 saturated heterocycles. The van der Waals surface area contributed by atoms with Crippen LogP contribution in [0.15, 0.2) is 59.3 Å². The highest BCUT2D eigenvalue weighted by Gasteiger charge is 2.15. The predicted molar refractivity (Wildman–Crippen MR) is 88.2 cm³/mol. The molecule has 0 aliphatic rings. The van der Waals surface area contributed by atoms with Crippen LogP contribution in [0.1, 0.15) is 20.7 Å². The van der Waals surface area contributed by atoms with Gasteiger partial charge >= 0.3 is 0 Å². The van der Waals surface area contributed by atoms with Crippen LogP contribution in [0.5, 0.6) is 0 Å². The summed E-state index contributed by atoms with van der Waals surface area (Å²) < 4.78 is 2.00. The summed E-state index contributed by atoms with van der Waals surface area (Å²) in [5, 5.41) is 10.9. The first-order valence-electron chi connectivity index (χ1n) is 6.84. The Bertz CT molecular complexity index is 881. The fourth-order valence-corrected chi connectivity index (χ4v) is 2.50. The fourth-order valence-electron chi connectivity index (χ4n) is 2.03. The van der Waals surface area contributed by atoms with Crippen molar-refractivity contribution in [2.45, 2.75) is 0 Å². The molecule has 0 aliphatic carbocycles. The normalized spacial score (nSPS) is 10.2. The molecule has 120 valence electrons. The summed E-state index contributed by atoms with van der Waals surface area (Å²) >= 11 is 3.29. The second-order valence-electron chi connectivity index (χ2n) is 4.66. The Morgan fingerprint density at radius 3 is 2.21 bits per heavy atom. The number of aromatic nitrogens is 4. The number of hydrogen-bond donors (Lipinski definition) is 2. The van der Waals surface area contributed by atoms with Crippen LogP contribution in [0, 0.1) is 0 Å². The number of halogens is 1. The van der Waals surface area contributed by atoms with Gasteiger partial charge in [-0.3, -0.25) is 20.4 Å². The van der Waals surface area contributed by atoms with E-state index in [2.05, 4.69) is 42.3 Å². The number of rotatable bonds is 3. The third-order valence-corrected chi connectivity index (χ3v) is 3.84. The van der Waals surface area contributed by atoms with Crippen molar-refractivity contribution in [2.75, 3.05) is 0 Å². The molecule has 0 atom stereocenters. The molecule has 0 saturated carbocycles. The maximum absolute atomic E-state index is 12.4. The number of benzene rings is 2. The molecule has 2 N–H and O–H groups in total. The zero-order valence-electron chi connectivity index (χ0n) is 12.2. The zero-order chi connectivity index (χ0) is 16.9. The second-order valence-corrected chi connectivity index (χ2v) is 5.51. The van der Waals surface area contributed by atoms with Crippen LogP contribution in [0.25, 0.3) is 5.69 Å². The van der Waals surface area contributed by atoms with Gasteiger partial charge in [0.05, 0.1) is 16.8 Å². The molecule has 1 heterocycles. The van der Waals surface area contributed by atoms with Gasteiger partial charge in [-0.2, -0.15) is 4.68 Å². The lowest BCUT2D eigenvalue weighted by atomic mass is 10.1. The van der Waals surface area contributed by atoms with Crippen molar-refractivity contribution in [1.82, 2.24) is 31.1 Å². The summed E-state index contributed by atoms with van der Waals surface area (Å²) in [6, 6.07) is 13.7. The molecule has 0 fully saturated rings. The lowest BCUT2D eigenvalue weighted by Crippen LogP contribution is -2.42. The Balaban J connectivity index is 1.75. The highest BCUT2D eigenvalue weighted by molar-refractivity contribution is 9.10. The predicted octanol–water partition coefficient (Wildman–Crippen LogP) is 1.50. The van der Waals surface area contributed by atoms with Crippen molar-refractivity contribution >= 4 is 27.7 Å². The van der Waals surface area contributed by atoms with E-state index in [0.717, 1.165) is 0 Å². The van der Waals surface area contributed by atoms with Gasteiger partial charge in [0.25, 0.3) is 11.8 Å². The molecule has 0 radical (unpaired) electrons. The number of carbonyl (C=O) groups is 2. The SMILES string of the molecule is O=C(NNC(=O)c1ccccc1-n1cnnn1)c1ccccc1Br. The van der Waals surface area contributed by atoms with E-state index in [-0.39, 0.29) is 0 Å². The summed E-state index contributed by atoms with van der Waals surface area (Å²) in [7, 11) is 0. The zero-order valence-corrected chi connectivity index (χ0v) is 13.8. The van der Waals surface area contributed by atoms with Crippen molar-refractivity contribution < 1.29 is 9.59 Å². The maximum atomic E-state index is 12.4. The lowest BCUT2D eigenvalue weighted by Gasteiger charge is -2.11. The quantitative estimate of drug-likeness (QED) is 0.664. The maximum Gasteiger partial charge on any atom is 0.271 e. The molecule has 24 heavy (non-hydrogen) atoms. The van der Waals surface area contributed by atoms with E-state index in [4.69, 9.17) is 0 Å². The molecule has 2 amide bonds. The summed E-state index contributed by atoms with van der Waals surface area (Å²) in [6.45, 7) is 0. The van der Waals surface area contributed by atoms with Crippen molar-refractivity contribution in [3.8, 4) is 5.69 Å². The van der Waals surface area contributed by atoms with Crippen molar-refractivity contribution in [3.63, 3.8) is 0 Å². The minimum atomic E-state index is -0.485. The minimum absolute atomic E-state index is 0.317.